The average molecular weight is 531 g/mol. The smallest absolute Gasteiger partial charge is 0.225 e. The van der Waals surface area contributed by atoms with Gasteiger partial charge in [0.1, 0.15) is 11.3 Å². The summed E-state index contributed by atoms with van der Waals surface area (Å²) in [6.45, 7) is 18.5. The van der Waals surface area contributed by atoms with Gasteiger partial charge in [-0.25, -0.2) is 9.37 Å². The summed E-state index contributed by atoms with van der Waals surface area (Å²) in [4.78, 5) is 28.2. The normalized spacial score (nSPS) is 11.9. The lowest BCUT2D eigenvalue weighted by Gasteiger charge is -2.20. The number of halogens is 2. The molecule has 1 N–H and O–H groups in total. The molecule has 0 spiro atoms. The monoisotopic (exact) mass is 530 g/mol. The highest BCUT2D eigenvalue weighted by Gasteiger charge is 2.25. The van der Waals surface area contributed by atoms with E-state index in [9.17, 15) is 14.0 Å². The molecule has 37 heavy (non-hydrogen) atoms. The number of nitrogens with zero attached hydrogens (tertiary/aromatic N) is 1. The first-order valence-electron chi connectivity index (χ1n) is 12.8. The van der Waals surface area contributed by atoms with E-state index >= 15 is 0 Å². The maximum Gasteiger partial charge on any atom is 0.225 e. The molecule has 0 aliphatic heterocycles. The zero-order valence-corrected chi connectivity index (χ0v) is 24.3. The fourth-order valence-electron chi connectivity index (χ4n) is 3.43. The molecule has 0 radical (unpaired) electrons. The number of carbonyl (C=O) groups excluding carboxylic acids is 2. The predicted molar refractivity (Wildman–Crippen MR) is 150 cm³/mol. The van der Waals surface area contributed by atoms with Crippen LogP contribution in [0.25, 0.3) is 22.4 Å². The maximum atomic E-state index is 13.9. The zero-order valence-electron chi connectivity index (χ0n) is 23.5. The standard InChI is InChI=1S/C21H21ClFNO2.C9H19NO/c1-11(2)19(25)18-10-17-20(26-18)13(21(3,4)5)9-16(24-17)12-6-7-14(22)15(23)8-12;1-5-6-7-10-8(11)9(2,3)4/h6-11H,1-5H3;5-7H2,1-4H3,(H,10,11). The van der Waals surface area contributed by atoms with Gasteiger partial charge in [-0.15, -0.1) is 0 Å². The summed E-state index contributed by atoms with van der Waals surface area (Å²) in [5.41, 5.74) is 2.85. The van der Waals surface area contributed by atoms with Gasteiger partial charge >= 0.3 is 0 Å². The first-order chi connectivity index (χ1) is 17.1. The third kappa shape index (κ3) is 8.13. The van der Waals surface area contributed by atoms with E-state index in [0.29, 0.717) is 28.1 Å². The Balaban J connectivity index is 0.000000371. The Hall–Kier alpha value is -2.73. The van der Waals surface area contributed by atoms with E-state index in [2.05, 4.69) is 38.0 Å². The maximum absolute atomic E-state index is 13.9. The number of hydrogen-bond acceptors (Lipinski definition) is 4. The van der Waals surface area contributed by atoms with Crippen molar-refractivity contribution in [2.75, 3.05) is 6.54 Å². The molecule has 0 aliphatic rings. The minimum absolute atomic E-state index is 0.0676. The van der Waals surface area contributed by atoms with Crippen LogP contribution < -0.4 is 5.32 Å². The minimum atomic E-state index is -0.494. The number of aromatic nitrogens is 1. The van der Waals surface area contributed by atoms with Crippen LogP contribution in [-0.2, 0) is 10.2 Å². The van der Waals surface area contributed by atoms with Crippen LogP contribution in [0.3, 0.4) is 0 Å². The van der Waals surface area contributed by atoms with Crippen LogP contribution in [0.15, 0.2) is 34.7 Å². The molecule has 0 aliphatic carbocycles. The van der Waals surface area contributed by atoms with Gasteiger partial charge in [-0.1, -0.05) is 86.4 Å². The molecule has 5 nitrogen and oxygen atoms in total. The van der Waals surface area contributed by atoms with Gasteiger partial charge in [0.05, 0.1) is 10.7 Å². The number of fused-ring (bicyclic) bond motifs is 1. The Morgan fingerprint density at radius 2 is 1.73 bits per heavy atom. The summed E-state index contributed by atoms with van der Waals surface area (Å²) >= 11 is 5.79. The van der Waals surface area contributed by atoms with Crippen molar-refractivity contribution >= 4 is 34.4 Å². The molecule has 1 aromatic carbocycles. The molecule has 7 heteroatoms. The highest BCUT2D eigenvalue weighted by molar-refractivity contribution is 6.30. The van der Waals surface area contributed by atoms with Crippen LogP contribution in [0.5, 0.6) is 0 Å². The topological polar surface area (TPSA) is 72.2 Å². The van der Waals surface area contributed by atoms with Gasteiger partial charge in [-0.05, 0) is 30.0 Å². The Morgan fingerprint density at radius 1 is 1.08 bits per heavy atom. The first-order valence-corrected chi connectivity index (χ1v) is 13.2. The van der Waals surface area contributed by atoms with Gasteiger partial charge < -0.3 is 9.73 Å². The first kappa shape index (κ1) is 30.5. The molecular formula is C30H40ClFN2O3. The second kappa shape index (κ2) is 12.2. The number of ketones is 1. The van der Waals surface area contributed by atoms with Crippen LogP contribution in [0.4, 0.5) is 4.39 Å². The van der Waals surface area contributed by atoms with Crippen LogP contribution >= 0.6 is 11.6 Å². The third-order valence-electron chi connectivity index (χ3n) is 5.77. The minimum Gasteiger partial charge on any atom is -0.451 e. The molecule has 2 heterocycles. The number of furan rings is 1. The molecule has 0 unspecified atom stereocenters. The fraction of sp³-hybridized carbons (Fsp3) is 0.500. The second-order valence-electron chi connectivity index (χ2n) is 11.6. The summed E-state index contributed by atoms with van der Waals surface area (Å²) in [6.07, 6.45) is 2.20. The van der Waals surface area contributed by atoms with Gasteiger partial charge in [0.15, 0.2) is 11.3 Å². The zero-order chi connectivity index (χ0) is 28.1. The van der Waals surface area contributed by atoms with E-state index < -0.39 is 5.82 Å². The number of Topliss-reactive ketones (excluding diaryl/α,β-unsaturated/α-hetero) is 1. The quantitative estimate of drug-likeness (QED) is 0.256. The van der Waals surface area contributed by atoms with Gasteiger partial charge in [-0.2, -0.15) is 0 Å². The summed E-state index contributed by atoms with van der Waals surface area (Å²) in [5, 5.41) is 2.95. The molecule has 2 aromatic heterocycles. The van der Waals surface area contributed by atoms with Crippen molar-refractivity contribution in [2.45, 2.75) is 80.6 Å². The van der Waals surface area contributed by atoms with Crippen molar-refractivity contribution in [1.82, 2.24) is 10.3 Å². The summed E-state index contributed by atoms with van der Waals surface area (Å²) in [5.74, 6) is -0.287. The van der Waals surface area contributed by atoms with Gasteiger partial charge in [0, 0.05) is 35.1 Å². The van der Waals surface area contributed by atoms with Crippen molar-refractivity contribution < 1.29 is 18.4 Å². The van der Waals surface area contributed by atoms with E-state index in [4.69, 9.17) is 16.0 Å². The number of amides is 1. The van der Waals surface area contributed by atoms with Crippen molar-refractivity contribution in [3.05, 3.63) is 52.5 Å². The number of hydrogen-bond donors (Lipinski definition) is 1. The van der Waals surface area contributed by atoms with E-state index in [1.165, 1.54) is 12.1 Å². The highest BCUT2D eigenvalue weighted by atomic mass is 35.5. The molecule has 3 aromatic rings. The van der Waals surface area contributed by atoms with Crippen molar-refractivity contribution in [3.8, 4) is 11.3 Å². The molecule has 0 saturated carbocycles. The molecule has 0 saturated heterocycles. The van der Waals surface area contributed by atoms with Crippen molar-refractivity contribution in [1.29, 1.82) is 0 Å². The Kier molecular flexibility index (Phi) is 10.1. The summed E-state index contributed by atoms with van der Waals surface area (Å²) in [6, 6.07) is 8.16. The lowest BCUT2D eigenvalue weighted by Crippen LogP contribution is -2.35. The molecule has 1 amide bonds. The van der Waals surface area contributed by atoms with E-state index in [1.807, 2.05) is 40.7 Å². The van der Waals surface area contributed by atoms with Crippen LogP contribution in [0, 0.1) is 17.2 Å². The van der Waals surface area contributed by atoms with E-state index in [-0.39, 0.29) is 33.5 Å². The summed E-state index contributed by atoms with van der Waals surface area (Å²) in [7, 11) is 0. The molecule has 0 bridgehead atoms. The number of pyridine rings is 1. The Labute approximate surface area is 225 Å². The predicted octanol–water partition coefficient (Wildman–Crippen LogP) is 8.37. The second-order valence-corrected chi connectivity index (χ2v) is 12.0. The van der Waals surface area contributed by atoms with Crippen LogP contribution in [0.2, 0.25) is 5.02 Å². The number of rotatable bonds is 6. The van der Waals surface area contributed by atoms with Gasteiger partial charge in [0.25, 0.3) is 0 Å². The largest absolute Gasteiger partial charge is 0.451 e. The summed E-state index contributed by atoms with van der Waals surface area (Å²) < 4.78 is 19.8. The molecule has 0 fully saturated rings. The SMILES string of the molecule is CC(C)C(=O)c1cc2nc(-c3ccc(Cl)c(F)c3)cc(C(C)(C)C)c2o1.CCCCNC(=O)C(C)(C)C. The van der Waals surface area contributed by atoms with Gasteiger partial charge in [0.2, 0.25) is 11.7 Å². The average Bonchev–Trinajstić information content (AvgIpc) is 3.22. The lowest BCUT2D eigenvalue weighted by atomic mass is 9.86. The van der Waals surface area contributed by atoms with E-state index in [0.717, 1.165) is 24.9 Å². The van der Waals surface area contributed by atoms with Crippen LogP contribution in [-0.4, -0.2) is 23.2 Å². The van der Waals surface area contributed by atoms with E-state index in [1.54, 1.807) is 12.1 Å². The highest BCUT2D eigenvalue weighted by Crippen LogP contribution is 2.35. The number of carbonyl (C=O) groups is 2. The number of nitrogens with one attached hydrogen (secondary N) is 1. The van der Waals surface area contributed by atoms with Crippen LogP contribution in [0.1, 0.15) is 91.3 Å². The number of unbranched alkanes of at least 4 members (excludes halogenated alkanes) is 1. The Bertz CT molecular complexity index is 1250. The molecular weight excluding hydrogens is 491 g/mol. The fourth-order valence-corrected chi connectivity index (χ4v) is 3.55. The molecule has 0 atom stereocenters. The molecule has 202 valence electrons. The number of benzene rings is 1. The van der Waals surface area contributed by atoms with Gasteiger partial charge in [-0.3, -0.25) is 9.59 Å². The van der Waals surface area contributed by atoms with Crippen molar-refractivity contribution in [2.24, 2.45) is 11.3 Å². The lowest BCUT2D eigenvalue weighted by molar-refractivity contribution is -0.128. The third-order valence-corrected chi connectivity index (χ3v) is 6.07. The molecule has 3 rings (SSSR count). The Morgan fingerprint density at radius 3 is 2.24 bits per heavy atom. The van der Waals surface area contributed by atoms with Crippen molar-refractivity contribution in [3.63, 3.8) is 0 Å².